The van der Waals surface area contributed by atoms with Gasteiger partial charge in [-0.1, -0.05) is 24.3 Å². The Bertz CT molecular complexity index is 456. The number of benzene rings is 1. The molecule has 0 radical (unpaired) electrons. The molecule has 0 bridgehead atoms. The van der Waals surface area contributed by atoms with Crippen LogP contribution >= 0.6 is 0 Å². The number of esters is 1. The summed E-state index contributed by atoms with van der Waals surface area (Å²) >= 11 is 0. The molecule has 116 valence electrons. The van der Waals surface area contributed by atoms with Gasteiger partial charge in [-0.05, 0) is 44.0 Å². The van der Waals surface area contributed by atoms with Crippen molar-refractivity contribution in [2.75, 3.05) is 26.7 Å². The van der Waals surface area contributed by atoms with Crippen molar-refractivity contribution in [1.29, 1.82) is 0 Å². The predicted octanol–water partition coefficient (Wildman–Crippen LogP) is 1.98. The van der Waals surface area contributed by atoms with Gasteiger partial charge in [-0.3, -0.25) is 4.79 Å². The third kappa shape index (κ3) is 5.14. The van der Waals surface area contributed by atoms with Crippen LogP contribution in [0.4, 0.5) is 0 Å². The first-order valence-electron chi connectivity index (χ1n) is 7.78. The molecule has 1 aromatic carbocycles. The maximum atomic E-state index is 11.5. The van der Waals surface area contributed by atoms with E-state index in [0.717, 1.165) is 18.7 Å². The molecule has 1 fully saturated rings. The molecule has 1 aromatic rings. The average Bonchev–Trinajstić information content (AvgIpc) is 2.99. The Balaban J connectivity index is 1.85. The number of nitrogens with one attached hydrogen (secondary N) is 1. The molecule has 1 saturated heterocycles. The lowest BCUT2D eigenvalue weighted by atomic mass is 10.0. The van der Waals surface area contributed by atoms with Crippen molar-refractivity contribution in [2.24, 2.45) is 0 Å². The predicted molar refractivity (Wildman–Crippen MR) is 84.1 cm³/mol. The minimum absolute atomic E-state index is 0.187. The van der Waals surface area contributed by atoms with Gasteiger partial charge in [0, 0.05) is 19.1 Å². The zero-order chi connectivity index (χ0) is 15.1. The van der Waals surface area contributed by atoms with Gasteiger partial charge in [0.1, 0.15) is 0 Å². The van der Waals surface area contributed by atoms with E-state index >= 15 is 0 Å². The number of hydrogen-bond donors (Lipinski definition) is 1. The molecule has 4 heteroatoms. The van der Waals surface area contributed by atoms with E-state index in [9.17, 15) is 4.79 Å². The van der Waals surface area contributed by atoms with Crippen LogP contribution in [0.25, 0.3) is 0 Å². The van der Waals surface area contributed by atoms with E-state index in [1.165, 1.54) is 38.6 Å². The summed E-state index contributed by atoms with van der Waals surface area (Å²) < 4.78 is 4.76. The molecular formula is C17H26N2O2. The Kier molecular flexibility index (Phi) is 6.21. The SMILES string of the molecule is COC(=O)Cc1ccccc1CNC(C)CN1CCCC1. The minimum atomic E-state index is -0.187. The van der Waals surface area contributed by atoms with Gasteiger partial charge >= 0.3 is 5.97 Å². The lowest BCUT2D eigenvalue weighted by Gasteiger charge is -2.21. The molecule has 21 heavy (non-hydrogen) atoms. The van der Waals surface area contributed by atoms with Crippen LogP contribution in [-0.4, -0.2) is 43.7 Å². The van der Waals surface area contributed by atoms with E-state index in [1.54, 1.807) is 0 Å². The fraction of sp³-hybridized carbons (Fsp3) is 0.588. The molecule has 1 heterocycles. The number of carbonyl (C=O) groups is 1. The summed E-state index contributed by atoms with van der Waals surface area (Å²) in [6.07, 6.45) is 3.00. The first kappa shape index (κ1) is 16.0. The summed E-state index contributed by atoms with van der Waals surface area (Å²) in [5, 5.41) is 3.56. The topological polar surface area (TPSA) is 41.6 Å². The molecule has 1 atom stereocenters. The fourth-order valence-electron chi connectivity index (χ4n) is 2.83. The molecular weight excluding hydrogens is 264 g/mol. The van der Waals surface area contributed by atoms with Crippen LogP contribution in [0.5, 0.6) is 0 Å². The number of ether oxygens (including phenoxy) is 1. The summed E-state index contributed by atoms with van der Waals surface area (Å²) in [5.41, 5.74) is 2.22. The van der Waals surface area contributed by atoms with Gasteiger partial charge in [0.2, 0.25) is 0 Å². The summed E-state index contributed by atoms with van der Waals surface area (Å²) in [7, 11) is 1.43. The number of carbonyl (C=O) groups excluding carboxylic acids is 1. The van der Waals surface area contributed by atoms with Crippen molar-refractivity contribution < 1.29 is 9.53 Å². The normalized spacial score (nSPS) is 16.9. The van der Waals surface area contributed by atoms with Crippen molar-refractivity contribution >= 4 is 5.97 Å². The van der Waals surface area contributed by atoms with Crippen LogP contribution in [0, 0.1) is 0 Å². The van der Waals surface area contributed by atoms with E-state index in [2.05, 4.69) is 23.2 Å². The summed E-state index contributed by atoms with van der Waals surface area (Å²) in [6, 6.07) is 8.51. The standard InChI is InChI=1S/C17H26N2O2/c1-14(13-19-9-5-6-10-19)18-12-16-8-4-3-7-15(16)11-17(20)21-2/h3-4,7-8,14,18H,5-6,9-13H2,1-2H3. The molecule has 1 aliphatic rings. The molecule has 0 amide bonds. The maximum absolute atomic E-state index is 11.5. The molecule has 2 rings (SSSR count). The number of nitrogens with zero attached hydrogens (tertiary/aromatic N) is 1. The van der Waals surface area contributed by atoms with E-state index < -0.39 is 0 Å². The number of rotatable bonds is 7. The summed E-state index contributed by atoms with van der Waals surface area (Å²) in [4.78, 5) is 14.0. The van der Waals surface area contributed by atoms with Crippen molar-refractivity contribution in [3.8, 4) is 0 Å². The van der Waals surface area contributed by atoms with E-state index in [0.29, 0.717) is 12.5 Å². The van der Waals surface area contributed by atoms with Gasteiger partial charge in [-0.25, -0.2) is 0 Å². The van der Waals surface area contributed by atoms with Crippen molar-refractivity contribution in [3.63, 3.8) is 0 Å². The minimum Gasteiger partial charge on any atom is -0.469 e. The molecule has 0 spiro atoms. The number of hydrogen-bond acceptors (Lipinski definition) is 4. The number of methoxy groups -OCH3 is 1. The maximum Gasteiger partial charge on any atom is 0.309 e. The Morgan fingerprint density at radius 3 is 2.62 bits per heavy atom. The van der Waals surface area contributed by atoms with Crippen LogP contribution in [0.3, 0.4) is 0 Å². The Hall–Kier alpha value is -1.39. The summed E-state index contributed by atoms with van der Waals surface area (Å²) in [5.74, 6) is -0.187. The van der Waals surface area contributed by atoms with Crippen molar-refractivity contribution in [1.82, 2.24) is 10.2 Å². The van der Waals surface area contributed by atoms with Gasteiger partial charge in [-0.15, -0.1) is 0 Å². The van der Waals surface area contributed by atoms with Crippen LogP contribution in [0.15, 0.2) is 24.3 Å². The monoisotopic (exact) mass is 290 g/mol. The molecule has 0 aromatic heterocycles. The Morgan fingerprint density at radius 2 is 1.95 bits per heavy atom. The highest BCUT2D eigenvalue weighted by molar-refractivity contribution is 5.72. The first-order valence-corrected chi connectivity index (χ1v) is 7.78. The van der Waals surface area contributed by atoms with Crippen LogP contribution in [0.2, 0.25) is 0 Å². The fourth-order valence-corrected chi connectivity index (χ4v) is 2.83. The van der Waals surface area contributed by atoms with Gasteiger partial charge in [0.15, 0.2) is 0 Å². The van der Waals surface area contributed by atoms with E-state index in [1.807, 2.05) is 18.2 Å². The molecule has 0 saturated carbocycles. The quantitative estimate of drug-likeness (QED) is 0.780. The second-order valence-electron chi connectivity index (χ2n) is 5.81. The Labute approximate surface area is 127 Å². The van der Waals surface area contributed by atoms with Gasteiger partial charge in [-0.2, -0.15) is 0 Å². The highest BCUT2D eigenvalue weighted by Gasteiger charge is 2.14. The molecule has 0 aliphatic carbocycles. The molecule has 1 N–H and O–H groups in total. The zero-order valence-electron chi connectivity index (χ0n) is 13.1. The van der Waals surface area contributed by atoms with Gasteiger partial charge in [0.25, 0.3) is 0 Å². The first-order chi connectivity index (χ1) is 10.2. The second kappa shape index (κ2) is 8.15. The van der Waals surface area contributed by atoms with Gasteiger partial charge in [0.05, 0.1) is 13.5 Å². The number of likely N-dealkylation sites (tertiary alicyclic amines) is 1. The largest absolute Gasteiger partial charge is 0.469 e. The third-order valence-electron chi connectivity index (χ3n) is 4.05. The molecule has 4 nitrogen and oxygen atoms in total. The van der Waals surface area contributed by atoms with Crippen LogP contribution in [-0.2, 0) is 22.5 Å². The highest BCUT2D eigenvalue weighted by Crippen LogP contribution is 2.11. The lowest BCUT2D eigenvalue weighted by molar-refractivity contribution is -0.139. The highest BCUT2D eigenvalue weighted by atomic mass is 16.5. The Morgan fingerprint density at radius 1 is 1.29 bits per heavy atom. The molecule has 1 aliphatic heterocycles. The average molecular weight is 290 g/mol. The molecule has 1 unspecified atom stereocenters. The van der Waals surface area contributed by atoms with E-state index in [-0.39, 0.29) is 5.97 Å². The van der Waals surface area contributed by atoms with Crippen molar-refractivity contribution in [3.05, 3.63) is 35.4 Å². The lowest BCUT2D eigenvalue weighted by Crippen LogP contribution is -2.37. The third-order valence-corrected chi connectivity index (χ3v) is 4.05. The summed E-state index contributed by atoms with van der Waals surface area (Å²) in [6.45, 7) is 6.57. The smallest absolute Gasteiger partial charge is 0.309 e. The van der Waals surface area contributed by atoms with Crippen LogP contribution < -0.4 is 5.32 Å². The van der Waals surface area contributed by atoms with E-state index in [4.69, 9.17) is 4.74 Å². The zero-order valence-corrected chi connectivity index (χ0v) is 13.1. The van der Waals surface area contributed by atoms with Crippen molar-refractivity contribution in [2.45, 2.75) is 38.8 Å². The second-order valence-corrected chi connectivity index (χ2v) is 5.81. The van der Waals surface area contributed by atoms with Crippen LogP contribution in [0.1, 0.15) is 30.9 Å². The van der Waals surface area contributed by atoms with Gasteiger partial charge < -0.3 is 15.0 Å².